The Labute approximate surface area is 127 Å². The fourth-order valence-corrected chi connectivity index (χ4v) is 1.79. The predicted octanol–water partition coefficient (Wildman–Crippen LogP) is 2.20. The molecule has 0 aliphatic rings. The van der Waals surface area contributed by atoms with Crippen LogP contribution in [0.25, 0.3) is 0 Å². The van der Waals surface area contributed by atoms with Crippen LogP contribution in [0.3, 0.4) is 0 Å². The maximum atomic E-state index is 12.0. The summed E-state index contributed by atoms with van der Waals surface area (Å²) in [5.74, 6) is 0.877. The maximum absolute atomic E-state index is 12.0. The molecule has 6 nitrogen and oxygen atoms in total. The molecule has 2 rings (SSSR count). The Balaban J connectivity index is 1.90. The third kappa shape index (κ3) is 4.77. The molecule has 21 heavy (non-hydrogen) atoms. The van der Waals surface area contributed by atoms with Gasteiger partial charge in [0, 0.05) is 19.5 Å². The van der Waals surface area contributed by atoms with E-state index in [0.717, 1.165) is 0 Å². The quantitative estimate of drug-likeness (QED) is 0.796. The van der Waals surface area contributed by atoms with Gasteiger partial charge in [-0.15, -0.1) is 0 Å². The zero-order valence-corrected chi connectivity index (χ0v) is 12.3. The topological polar surface area (TPSA) is 65.4 Å². The number of hydrogen-bond acceptors (Lipinski definition) is 4. The molecular weight excluding hydrogens is 294 g/mol. The van der Waals surface area contributed by atoms with Gasteiger partial charge < -0.3 is 19.4 Å². The normalized spacial score (nSPS) is 10.4. The first-order valence-electron chi connectivity index (χ1n) is 6.37. The number of carbonyl (C=O) groups excluding carboxylic acids is 1. The summed E-state index contributed by atoms with van der Waals surface area (Å²) < 4.78 is 12.1. The zero-order chi connectivity index (χ0) is 15.1. The lowest BCUT2D eigenvalue weighted by atomic mass is 10.4. The van der Waals surface area contributed by atoms with Crippen molar-refractivity contribution < 1.29 is 14.3 Å². The molecule has 0 aliphatic carbocycles. The Hall–Kier alpha value is -2.05. The second-order valence-corrected chi connectivity index (χ2v) is 4.66. The molecule has 0 aliphatic heterocycles. The van der Waals surface area contributed by atoms with E-state index in [4.69, 9.17) is 21.1 Å². The lowest BCUT2D eigenvalue weighted by Crippen LogP contribution is -2.20. The third-order valence-corrected chi connectivity index (χ3v) is 2.86. The largest absolute Gasteiger partial charge is 0.476 e. The fourth-order valence-electron chi connectivity index (χ4n) is 1.68. The number of halogens is 1. The molecule has 0 unspecified atom stereocenters. The molecule has 0 bridgehead atoms. The number of anilines is 1. The van der Waals surface area contributed by atoms with Crippen LogP contribution in [-0.4, -0.2) is 35.8 Å². The lowest BCUT2D eigenvalue weighted by molar-refractivity contribution is -0.116. The Kier molecular flexibility index (Phi) is 5.59. The molecule has 0 fully saturated rings. The Morgan fingerprint density at radius 2 is 2.24 bits per heavy atom. The van der Waals surface area contributed by atoms with E-state index in [1.807, 2.05) is 6.07 Å². The van der Waals surface area contributed by atoms with Gasteiger partial charge in [0.1, 0.15) is 19.0 Å². The number of amides is 1. The van der Waals surface area contributed by atoms with Gasteiger partial charge in [0.2, 0.25) is 5.91 Å². The van der Waals surface area contributed by atoms with Crippen molar-refractivity contribution in [1.29, 1.82) is 0 Å². The number of nitrogens with zero attached hydrogens (tertiary/aromatic N) is 2. The highest BCUT2D eigenvalue weighted by atomic mass is 35.5. The highest BCUT2D eigenvalue weighted by Crippen LogP contribution is 2.13. The van der Waals surface area contributed by atoms with Gasteiger partial charge in [-0.05, 0) is 24.3 Å². The highest BCUT2D eigenvalue weighted by Gasteiger charge is 2.08. The number of methoxy groups -OCH3 is 1. The van der Waals surface area contributed by atoms with Gasteiger partial charge in [0.05, 0.1) is 11.6 Å². The minimum absolute atomic E-state index is 0.139. The van der Waals surface area contributed by atoms with Crippen LogP contribution in [0.1, 0.15) is 0 Å². The Morgan fingerprint density at radius 3 is 2.95 bits per heavy atom. The molecule has 2 heterocycles. The van der Waals surface area contributed by atoms with E-state index in [9.17, 15) is 4.79 Å². The van der Waals surface area contributed by atoms with Crippen LogP contribution in [-0.2, 0) is 16.1 Å². The smallest absolute Gasteiger partial charge is 0.245 e. The minimum atomic E-state index is -0.197. The molecule has 7 heteroatoms. The SMILES string of the molecule is COCCOc1cccn1CC(=O)Nc1ccc(Cl)cn1. The molecule has 1 N–H and O–H groups in total. The van der Waals surface area contributed by atoms with E-state index in [1.54, 1.807) is 36.1 Å². The highest BCUT2D eigenvalue weighted by molar-refractivity contribution is 6.30. The summed E-state index contributed by atoms with van der Waals surface area (Å²) >= 11 is 5.74. The standard InChI is InChI=1S/C14H16ClN3O3/c1-20-7-8-21-14-3-2-6-18(14)10-13(19)17-12-5-4-11(15)9-16-12/h2-6,9H,7-8,10H2,1H3,(H,16,17,19). The molecule has 0 saturated heterocycles. The predicted molar refractivity (Wildman–Crippen MR) is 79.7 cm³/mol. The summed E-state index contributed by atoms with van der Waals surface area (Å²) in [6.45, 7) is 1.06. The molecular formula is C14H16ClN3O3. The van der Waals surface area contributed by atoms with E-state index in [2.05, 4.69) is 10.3 Å². The number of pyridine rings is 1. The zero-order valence-electron chi connectivity index (χ0n) is 11.6. The average Bonchev–Trinajstić information content (AvgIpc) is 2.89. The number of carbonyl (C=O) groups is 1. The summed E-state index contributed by atoms with van der Waals surface area (Å²) in [6, 6.07) is 6.92. The summed E-state index contributed by atoms with van der Waals surface area (Å²) in [4.78, 5) is 16.0. The molecule has 2 aromatic heterocycles. The van der Waals surface area contributed by atoms with Crippen molar-refractivity contribution in [3.63, 3.8) is 0 Å². The summed E-state index contributed by atoms with van der Waals surface area (Å²) in [6.07, 6.45) is 3.25. The molecule has 2 aromatic rings. The Bertz CT molecular complexity index is 583. The van der Waals surface area contributed by atoms with Gasteiger partial charge in [0.25, 0.3) is 0 Å². The van der Waals surface area contributed by atoms with E-state index < -0.39 is 0 Å². The van der Waals surface area contributed by atoms with Crippen molar-refractivity contribution in [2.24, 2.45) is 0 Å². The summed E-state index contributed by atoms with van der Waals surface area (Å²) in [5.41, 5.74) is 0. The van der Waals surface area contributed by atoms with E-state index in [-0.39, 0.29) is 12.5 Å². The third-order valence-electron chi connectivity index (χ3n) is 2.63. The second-order valence-electron chi connectivity index (χ2n) is 4.23. The average molecular weight is 310 g/mol. The van der Waals surface area contributed by atoms with Crippen molar-refractivity contribution >= 4 is 23.3 Å². The monoisotopic (exact) mass is 309 g/mol. The Morgan fingerprint density at radius 1 is 1.38 bits per heavy atom. The molecule has 0 spiro atoms. The van der Waals surface area contributed by atoms with Crippen LogP contribution >= 0.6 is 11.6 Å². The molecule has 0 radical (unpaired) electrons. The van der Waals surface area contributed by atoms with Gasteiger partial charge in [-0.3, -0.25) is 4.79 Å². The lowest BCUT2D eigenvalue weighted by Gasteiger charge is -2.10. The first kappa shape index (κ1) is 15.3. The van der Waals surface area contributed by atoms with Gasteiger partial charge in [0.15, 0.2) is 5.88 Å². The van der Waals surface area contributed by atoms with Crippen molar-refractivity contribution in [2.75, 3.05) is 25.6 Å². The number of rotatable bonds is 7. The molecule has 112 valence electrons. The van der Waals surface area contributed by atoms with Crippen molar-refractivity contribution in [1.82, 2.24) is 9.55 Å². The van der Waals surface area contributed by atoms with E-state index >= 15 is 0 Å². The summed E-state index contributed by atoms with van der Waals surface area (Å²) in [5, 5.41) is 3.21. The molecule has 0 aromatic carbocycles. The van der Waals surface area contributed by atoms with Gasteiger partial charge in [-0.2, -0.15) is 0 Å². The van der Waals surface area contributed by atoms with Crippen LogP contribution in [0.15, 0.2) is 36.7 Å². The maximum Gasteiger partial charge on any atom is 0.245 e. The van der Waals surface area contributed by atoms with Crippen LogP contribution in [0, 0.1) is 0 Å². The van der Waals surface area contributed by atoms with Crippen molar-refractivity contribution in [3.8, 4) is 5.88 Å². The molecule has 1 amide bonds. The van der Waals surface area contributed by atoms with Crippen LogP contribution in [0.2, 0.25) is 5.02 Å². The number of ether oxygens (including phenoxy) is 2. The number of aromatic nitrogens is 2. The van der Waals surface area contributed by atoms with Crippen LogP contribution in [0.5, 0.6) is 5.88 Å². The van der Waals surface area contributed by atoms with E-state index in [1.165, 1.54) is 6.20 Å². The second kappa shape index (κ2) is 7.66. The summed E-state index contributed by atoms with van der Waals surface area (Å²) in [7, 11) is 1.61. The van der Waals surface area contributed by atoms with Gasteiger partial charge in [-0.25, -0.2) is 4.98 Å². The van der Waals surface area contributed by atoms with Crippen molar-refractivity contribution in [3.05, 3.63) is 41.7 Å². The van der Waals surface area contributed by atoms with Gasteiger partial charge >= 0.3 is 0 Å². The minimum Gasteiger partial charge on any atom is -0.476 e. The van der Waals surface area contributed by atoms with E-state index in [0.29, 0.717) is 29.9 Å². The number of nitrogens with one attached hydrogen (secondary N) is 1. The molecule has 0 saturated carbocycles. The first-order valence-corrected chi connectivity index (χ1v) is 6.75. The van der Waals surface area contributed by atoms with Crippen LogP contribution < -0.4 is 10.1 Å². The number of hydrogen-bond donors (Lipinski definition) is 1. The van der Waals surface area contributed by atoms with Gasteiger partial charge in [-0.1, -0.05) is 11.6 Å². The fraction of sp³-hybridized carbons (Fsp3) is 0.286. The first-order chi connectivity index (χ1) is 10.2. The van der Waals surface area contributed by atoms with Crippen LogP contribution in [0.4, 0.5) is 5.82 Å². The van der Waals surface area contributed by atoms with Crippen molar-refractivity contribution in [2.45, 2.75) is 6.54 Å². The molecule has 0 atom stereocenters.